The van der Waals surface area contributed by atoms with Gasteiger partial charge < -0.3 is 11.5 Å². The van der Waals surface area contributed by atoms with Crippen molar-refractivity contribution in [1.29, 1.82) is 0 Å². The zero-order valence-corrected chi connectivity index (χ0v) is 8.97. The highest BCUT2D eigenvalue weighted by Gasteiger charge is 2.17. The van der Waals surface area contributed by atoms with E-state index >= 15 is 0 Å². The summed E-state index contributed by atoms with van der Waals surface area (Å²) in [4.78, 5) is 8.66. The molecule has 0 spiro atoms. The minimum atomic E-state index is -0.144. The lowest BCUT2D eigenvalue weighted by Crippen LogP contribution is -2.17. The van der Waals surface area contributed by atoms with Gasteiger partial charge in [-0.1, -0.05) is 0 Å². The topological polar surface area (TPSA) is 77.8 Å². The molecule has 1 aliphatic rings. The molecule has 0 saturated carbocycles. The maximum Gasteiger partial charge on any atom is 0.147 e. The highest BCUT2D eigenvalue weighted by molar-refractivity contribution is 7.98. The Morgan fingerprint density at radius 3 is 2.93 bits per heavy atom. The standard InChI is InChI=1S/C9H14N4S/c1-5(10)9-12-7-4-14-3-2-6(7)8(11)13-9/h5H,2-4,10H2,1H3,(H2,11,12,13). The summed E-state index contributed by atoms with van der Waals surface area (Å²) in [5.74, 6) is 3.31. The Balaban J connectivity index is 2.46. The van der Waals surface area contributed by atoms with Crippen molar-refractivity contribution < 1.29 is 0 Å². The Morgan fingerprint density at radius 1 is 1.43 bits per heavy atom. The highest BCUT2D eigenvalue weighted by Crippen LogP contribution is 2.26. The van der Waals surface area contributed by atoms with Crippen molar-refractivity contribution in [2.45, 2.75) is 25.1 Å². The highest BCUT2D eigenvalue weighted by atomic mass is 32.2. The lowest BCUT2D eigenvalue weighted by molar-refractivity contribution is 0.728. The fourth-order valence-electron chi connectivity index (χ4n) is 1.51. The average molecular weight is 210 g/mol. The van der Waals surface area contributed by atoms with Gasteiger partial charge in [-0.2, -0.15) is 11.8 Å². The fourth-order valence-corrected chi connectivity index (χ4v) is 2.43. The first-order valence-corrected chi connectivity index (χ1v) is 5.82. The summed E-state index contributed by atoms with van der Waals surface area (Å²) >= 11 is 1.88. The predicted molar refractivity (Wildman–Crippen MR) is 58.9 cm³/mol. The quantitative estimate of drug-likeness (QED) is 0.719. The molecule has 4 N–H and O–H groups in total. The third kappa shape index (κ3) is 1.69. The minimum Gasteiger partial charge on any atom is -0.383 e. The number of nitrogen functional groups attached to an aromatic ring is 1. The van der Waals surface area contributed by atoms with E-state index in [-0.39, 0.29) is 6.04 Å². The van der Waals surface area contributed by atoms with Crippen molar-refractivity contribution in [1.82, 2.24) is 9.97 Å². The van der Waals surface area contributed by atoms with Crippen LogP contribution in [0.3, 0.4) is 0 Å². The second-order valence-corrected chi connectivity index (χ2v) is 4.59. The van der Waals surface area contributed by atoms with Crippen LogP contribution in [-0.4, -0.2) is 15.7 Å². The van der Waals surface area contributed by atoms with Gasteiger partial charge >= 0.3 is 0 Å². The maximum atomic E-state index is 5.86. The Morgan fingerprint density at radius 2 is 2.21 bits per heavy atom. The van der Waals surface area contributed by atoms with Crippen LogP contribution in [0.1, 0.15) is 30.0 Å². The monoisotopic (exact) mass is 210 g/mol. The molecule has 0 aromatic carbocycles. The molecule has 0 fully saturated rings. The van der Waals surface area contributed by atoms with Crippen LogP contribution in [0.5, 0.6) is 0 Å². The van der Waals surface area contributed by atoms with E-state index in [1.807, 2.05) is 18.7 Å². The van der Waals surface area contributed by atoms with Gasteiger partial charge in [-0.05, 0) is 19.1 Å². The molecule has 5 heteroatoms. The molecule has 1 aromatic heterocycles. The van der Waals surface area contributed by atoms with E-state index in [2.05, 4.69) is 9.97 Å². The normalized spacial score (nSPS) is 17.6. The van der Waals surface area contributed by atoms with Gasteiger partial charge in [0.15, 0.2) is 0 Å². The molecule has 2 rings (SSSR count). The number of hydrogen-bond acceptors (Lipinski definition) is 5. The lowest BCUT2D eigenvalue weighted by Gasteiger charge is -2.17. The van der Waals surface area contributed by atoms with Crippen LogP contribution in [0.25, 0.3) is 0 Å². The second-order valence-electron chi connectivity index (χ2n) is 3.48. The molecule has 2 heterocycles. The first kappa shape index (κ1) is 9.73. The summed E-state index contributed by atoms with van der Waals surface area (Å²) in [5, 5.41) is 0. The molecule has 14 heavy (non-hydrogen) atoms. The number of nitrogens with zero attached hydrogens (tertiary/aromatic N) is 2. The van der Waals surface area contributed by atoms with Crippen LogP contribution < -0.4 is 11.5 Å². The van der Waals surface area contributed by atoms with E-state index in [4.69, 9.17) is 11.5 Å². The number of thioether (sulfide) groups is 1. The third-order valence-corrected chi connectivity index (χ3v) is 3.25. The molecule has 1 aromatic rings. The summed E-state index contributed by atoms with van der Waals surface area (Å²) in [6.07, 6.45) is 0.977. The van der Waals surface area contributed by atoms with E-state index in [0.29, 0.717) is 11.6 Å². The molecule has 0 saturated heterocycles. The molecule has 76 valence electrons. The SMILES string of the molecule is CC(N)c1nc(N)c2c(n1)CSCC2. The minimum absolute atomic E-state index is 0.144. The number of fused-ring (bicyclic) bond motifs is 1. The summed E-state index contributed by atoms with van der Waals surface area (Å²) in [6.45, 7) is 1.87. The Kier molecular flexibility index (Phi) is 2.60. The summed E-state index contributed by atoms with van der Waals surface area (Å²) in [7, 11) is 0. The van der Waals surface area contributed by atoms with Crippen LogP contribution >= 0.6 is 11.8 Å². The van der Waals surface area contributed by atoms with Crippen molar-refractivity contribution >= 4 is 17.6 Å². The summed E-state index contributed by atoms with van der Waals surface area (Å²) in [5.41, 5.74) is 13.8. The van der Waals surface area contributed by atoms with Crippen LogP contribution in [0.15, 0.2) is 0 Å². The average Bonchev–Trinajstić information content (AvgIpc) is 2.17. The van der Waals surface area contributed by atoms with E-state index in [1.54, 1.807) is 0 Å². The lowest BCUT2D eigenvalue weighted by atomic mass is 10.1. The van der Waals surface area contributed by atoms with Crippen molar-refractivity contribution in [3.05, 3.63) is 17.1 Å². The molecular formula is C9H14N4S. The number of nitrogens with two attached hydrogens (primary N) is 2. The fraction of sp³-hybridized carbons (Fsp3) is 0.556. The van der Waals surface area contributed by atoms with Gasteiger partial charge in [0.05, 0.1) is 11.7 Å². The van der Waals surface area contributed by atoms with Gasteiger partial charge in [-0.3, -0.25) is 0 Å². The van der Waals surface area contributed by atoms with Gasteiger partial charge in [0.2, 0.25) is 0 Å². The number of aromatic nitrogens is 2. The molecule has 0 radical (unpaired) electrons. The number of rotatable bonds is 1. The summed E-state index contributed by atoms with van der Waals surface area (Å²) < 4.78 is 0. The van der Waals surface area contributed by atoms with Crippen LogP contribution in [0.4, 0.5) is 5.82 Å². The van der Waals surface area contributed by atoms with E-state index in [0.717, 1.165) is 29.2 Å². The molecule has 0 amide bonds. The molecule has 0 bridgehead atoms. The molecule has 1 atom stereocenters. The second kappa shape index (κ2) is 3.74. The molecule has 4 nitrogen and oxygen atoms in total. The molecule has 0 aliphatic carbocycles. The smallest absolute Gasteiger partial charge is 0.147 e. The Hall–Kier alpha value is -0.810. The van der Waals surface area contributed by atoms with E-state index in [1.165, 1.54) is 0 Å². The largest absolute Gasteiger partial charge is 0.383 e. The van der Waals surface area contributed by atoms with Crippen molar-refractivity contribution in [3.63, 3.8) is 0 Å². The number of anilines is 1. The predicted octanol–water partition coefficient (Wildman–Crippen LogP) is 0.868. The van der Waals surface area contributed by atoms with Gasteiger partial charge in [-0.15, -0.1) is 0 Å². The molecule has 1 unspecified atom stereocenters. The number of hydrogen-bond donors (Lipinski definition) is 2. The first-order chi connectivity index (χ1) is 6.68. The van der Waals surface area contributed by atoms with Gasteiger partial charge in [0, 0.05) is 11.3 Å². The van der Waals surface area contributed by atoms with Crippen molar-refractivity contribution in [2.24, 2.45) is 5.73 Å². The Labute approximate surface area is 87.5 Å². The van der Waals surface area contributed by atoms with Crippen molar-refractivity contribution in [3.8, 4) is 0 Å². The van der Waals surface area contributed by atoms with Crippen LogP contribution in [0, 0.1) is 0 Å². The van der Waals surface area contributed by atoms with Gasteiger partial charge in [0.1, 0.15) is 11.6 Å². The van der Waals surface area contributed by atoms with Gasteiger partial charge in [-0.25, -0.2) is 9.97 Å². The van der Waals surface area contributed by atoms with E-state index in [9.17, 15) is 0 Å². The third-order valence-electron chi connectivity index (χ3n) is 2.28. The van der Waals surface area contributed by atoms with Crippen molar-refractivity contribution in [2.75, 3.05) is 11.5 Å². The summed E-state index contributed by atoms with van der Waals surface area (Å²) in [6, 6.07) is -0.144. The van der Waals surface area contributed by atoms with Crippen LogP contribution in [-0.2, 0) is 12.2 Å². The Bertz CT molecular complexity index is 351. The maximum absolute atomic E-state index is 5.86. The molecule has 1 aliphatic heterocycles. The zero-order chi connectivity index (χ0) is 10.1. The van der Waals surface area contributed by atoms with E-state index < -0.39 is 0 Å². The zero-order valence-electron chi connectivity index (χ0n) is 8.16. The molecular weight excluding hydrogens is 196 g/mol. The first-order valence-electron chi connectivity index (χ1n) is 4.67. The van der Waals surface area contributed by atoms with Gasteiger partial charge in [0.25, 0.3) is 0 Å². The van der Waals surface area contributed by atoms with Crippen LogP contribution in [0.2, 0.25) is 0 Å².